The smallest absolute Gasteiger partial charge is 0.0175 e. The molecule has 0 saturated carbocycles. The highest BCUT2D eigenvalue weighted by atomic mass is 79.9. The average Bonchev–Trinajstić information content (AvgIpc) is 2.85. The van der Waals surface area contributed by atoms with Gasteiger partial charge in [0.15, 0.2) is 0 Å². The predicted octanol–water partition coefficient (Wildman–Crippen LogP) is 4.47. The highest BCUT2D eigenvalue weighted by molar-refractivity contribution is 9.10. The lowest BCUT2D eigenvalue weighted by molar-refractivity contribution is 0.545. The van der Waals surface area contributed by atoms with E-state index in [1.54, 1.807) is 5.57 Å². The van der Waals surface area contributed by atoms with Crippen molar-refractivity contribution in [3.63, 3.8) is 0 Å². The van der Waals surface area contributed by atoms with Crippen molar-refractivity contribution in [1.29, 1.82) is 0 Å². The Kier molecular flexibility index (Phi) is 5.45. The van der Waals surface area contributed by atoms with Crippen LogP contribution in [0.5, 0.6) is 0 Å². The summed E-state index contributed by atoms with van der Waals surface area (Å²) in [6.45, 7) is 3.38. The van der Waals surface area contributed by atoms with Crippen LogP contribution in [-0.4, -0.2) is 12.6 Å². The highest BCUT2D eigenvalue weighted by Crippen LogP contribution is 2.19. The maximum atomic E-state index is 3.62. The lowest BCUT2D eigenvalue weighted by atomic mass is 10.1. The Morgan fingerprint density at radius 3 is 2.72 bits per heavy atom. The Balaban J connectivity index is 1.68. The summed E-state index contributed by atoms with van der Waals surface area (Å²) in [5.41, 5.74) is 3.05. The first-order chi connectivity index (χ1) is 8.74. The normalized spacial score (nSPS) is 16.7. The van der Waals surface area contributed by atoms with Crippen molar-refractivity contribution in [2.75, 3.05) is 6.54 Å². The van der Waals surface area contributed by atoms with Gasteiger partial charge in [-0.25, -0.2) is 0 Å². The van der Waals surface area contributed by atoms with Crippen LogP contribution in [0.4, 0.5) is 0 Å². The fourth-order valence-electron chi connectivity index (χ4n) is 2.49. The third-order valence-corrected chi connectivity index (χ3v) is 4.06. The number of halogens is 1. The molecule has 98 valence electrons. The minimum absolute atomic E-state index is 0.549. The monoisotopic (exact) mass is 307 g/mol. The predicted molar refractivity (Wildman–Crippen MR) is 81.9 cm³/mol. The topological polar surface area (TPSA) is 12.0 Å². The van der Waals surface area contributed by atoms with E-state index in [2.05, 4.69) is 58.5 Å². The molecule has 0 fully saturated rings. The number of allylic oxidation sites excluding steroid dienone is 1. The molecule has 2 heteroatoms. The van der Waals surface area contributed by atoms with E-state index in [4.69, 9.17) is 0 Å². The summed E-state index contributed by atoms with van der Waals surface area (Å²) in [6.07, 6.45) is 8.73. The van der Waals surface area contributed by atoms with E-state index < -0.39 is 0 Å². The lowest BCUT2D eigenvalue weighted by Gasteiger charge is -2.14. The van der Waals surface area contributed by atoms with Crippen molar-refractivity contribution in [1.82, 2.24) is 5.32 Å². The quantitative estimate of drug-likeness (QED) is 0.765. The molecule has 1 aromatic carbocycles. The Morgan fingerprint density at radius 1 is 1.28 bits per heavy atom. The van der Waals surface area contributed by atoms with Gasteiger partial charge in [-0.1, -0.05) is 39.7 Å². The van der Waals surface area contributed by atoms with Crippen LogP contribution in [-0.2, 0) is 6.42 Å². The van der Waals surface area contributed by atoms with Gasteiger partial charge in [0, 0.05) is 10.5 Å². The molecular formula is C16H22BrN. The van der Waals surface area contributed by atoms with Crippen LogP contribution in [0, 0.1) is 0 Å². The van der Waals surface area contributed by atoms with Gasteiger partial charge >= 0.3 is 0 Å². The zero-order valence-electron chi connectivity index (χ0n) is 11.1. The van der Waals surface area contributed by atoms with E-state index in [1.807, 2.05) is 0 Å². The van der Waals surface area contributed by atoms with E-state index in [9.17, 15) is 0 Å². The van der Waals surface area contributed by atoms with E-state index in [0.717, 1.165) is 17.4 Å². The molecule has 1 atom stereocenters. The molecule has 0 amide bonds. The van der Waals surface area contributed by atoms with Crippen molar-refractivity contribution in [2.24, 2.45) is 0 Å². The maximum absolute atomic E-state index is 3.62. The summed E-state index contributed by atoms with van der Waals surface area (Å²) in [6, 6.07) is 9.17. The number of hydrogen-bond donors (Lipinski definition) is 1. The van der Waals surface area contributed by atoms with Gasteiger partial charge in [0.1, 0.15) is 0 Å². The molecule has 1 aromatic rings. The van der Waals surface area contributed by atoms with Gasteiger partial charge in [0.25, 0.3) is 0 Å². The second-order valence-corrected chi connectivity index (χ2v) is 6.11. The molecule has 0 aromatic heterocycles. The van der Waals surface area contributed by atoms with Gasteiger partial charge in [-0.3, -0.25) is 0 Å². The molecule has 0 heterocycles. The SMILES string of the molecule is CC(Cc1ccc(Br)cc1)NCCC1=CCCC1. The molecule has 1 aliphatic carbocycles. The Bertz CT molecular complexity index is 394. The van der Waals surface area contributed by atoms with Crippen LogP contribution in [0.3, 0.4) is 0 Å². The molecular weight excluding hydrogens is 286 g/mol. The standard InChI is InChI=1S/C16H22BrN/c1-13(12-15-6-8-16(17)9-7-15)18-11-10-14-4-2-3-5-14/h4,6-9,13,18H,2-3,5,10-12H2,1H3. The first kappa shape index (κ1) is 13.8. The summed E-state index contributed by atoms with van der Waals surface area (Å²) < 4.78 is 1.15. The molecule has 0 radical (unpaired) electrons. The van der Waals surface area contributed by atoms with Gasteiger partial charge in [-0.2, -0.15) is 0 Å². The fourth-order valence-corrected chi connectivity index (χ4v) is 2.75. The van der Waals surface area contributed by atoms with Gasteiger partial charge in [0.2, 0.25) is 0 Å². The molecule has 1 nitrogen and oxygen atoms in total. The van der Waals surface area contributed by atoms with E-state index in [0.29, 0.717) is 6.04 Å². The zero-order chi connectivity index (χ0) is 12.8. The number of benzene rings is 1. The van der Waals surface area contributed by atoms with Crippen molar-refractivity contribution in [3.8, 4) is 0 Å². The minimum Gasteiger partial charge on any atom is -0.314 e. The second kappa shape index (κ2) is 7.10. The first-order valence-electron chi connectivity index (χ1n) is 6.90. The lowest BCUT2D eigenvalue weighted by Crippen LogP contribution is -2.29. The molecule has 0 bridgehead atoms. The molecule has 0 saturated heterocycles. The van der Waals surface area contributed by atoms with E-state index in [1.165, 1.54) is 31.2 Å². The molecule has 2 rings (SSSR count). The second-order valence-electron chi connectivity index (χ2n) is 5.19. The van der Waals surface area contributed by atoms with E-state index >= 15 is 0 Å². The molecule has 0 aliphatic heterocycles. The van der Waals surface area contributed by atoms with E-state index in [-0.39, 0.29) is 0 Å². The van der Waals surface area contributed by atoms with Crippen LogP contribution in [0.25, 0.3) is 0 Å². The Labute approximate surface area is 119 Å². The summed E-state index contributed by atoms with van der Waals surface area (Å²) in [4.78, 5) is 0. The largest absolute Gasteiger partial charge is 0.314 e. The summed E-state index contributed by atoms with van der Waals surface area (Å²) >= 11 is 3.47. The van der Waals surface area contributed by atoms with Gasteiger partial charge in [0.05, 0.1) is 0 Å². The molecule has 1 aliphatic rings. The molecule has 0 spiro atoms. The van der Waals surface area contributed by atoms with Gasteiger partial charge < -0.3 is 5.32 Å². The number of hydrogen-bond acceptors (Lipinski definition) is 1. The molecule has 1 unspecified atom stereocenters. The van der Waals surface area contributed by atoms with Crippen LogP contribution >= 0.6 is 15.9 Å². The summed E-state index contributed by atoms with van der Waals surface area (Å²) in [5, 5.41) is 3.62. The minimum atomic E-state index is 0.549. The van der Waals surface area contributed by atoms with Crippen LogP contribution in [0.2, 0.25) is 0 Å². The van der Waals surface area contributed by atoms with Crippen molar-refractivity contribution < 1.29 is 0 Å². The van der Waals surface area contributed by atoms with Crippen molar-refractivity contribution in [3.05, 3.63) is 46.0 Å². The first-order valence-corrected chi connectivity index (χ1v) is 7.69. The zero-order valence-corrected chi connectivity index (χ0v) is 12.7. The van der Waals surface area contributed by atoms with Gasteiger partial charge in [-0.05, 0) is 63.3 Å². The molecule has 18 heavy (non-hydrogen) atoms. The average molecular weight is 308 g/mol. The summed E-state index contributed by atoms with van der Waals surface area (Å²) in [5.74, 6) is 0. The maximum Gasteiger partial charge on any atom is 0.0175 e. The number of rotatable bonds is 6. The van der Waals surface area contributed by atoms with Gasteiger partial charge in [-0.15, -0.1) is 0 Å². The van der Waals surface area contributed by atoms with Crippen molar-refractivity contribution >= 4 is 15.9 Å². The van der Waals surface area contributed by atoms with Crippen LogP contribution in [0.1, 0.15) is 38.2 Å². The Hall–Kier alpha value is -0.600. The van der Waals surface area contributed by atoms with Crippen LogP contribution in [0.15, 0.2) is 40.4 Å². The van der Waals surface area contributed by atoms with Crippen LogP contribution < -0.4 is 5.32 Å². The summed E-state index contributed by atoms with van der Waals surface area (Å²) in [7, 11) is 0. The number of nitrogens with one attached hydrogen (secondary N) is 1. The highest BCUT2D eigenvalue weighted by Gasteiger charge is 2.06. The molecule has 1 N–H and O–H groups in total. The van der Waals surface area contributed by atoms with Crippen molar-refractivity contribution in [2.45, 2.75) is 45.1 Å². The third-order valence-electron chi connectivity index (χ3n) is 3.53. The Morgan fingerprint density at radius 2 is 2.06 bits per heavy atom. The third kappa shape index (κ3) is 4.58. The fraction of sp³-hybridized carbons (Fsp3) is 0.500.